The maximum absolute atomic E-state index is 12.4. The van der Waals surface area contributed by atoms with E-state index in [0.29, 0.717) is 0 Å². The normalized spacial score (nSPS) is 15.0. The first-order valence-electron chi connectivity index (χ1n) is 3.65. The zero-order chi connectivity index (χ0) is 9.90. The summed E-state index contributed by atoms with van der Waals surface area (Å²) in [6.45, 7) is 0. The molecule has 0 aliphatic heterocycles. The van der Waals surface area contributed by atoms with E-state index in [1.165, 1.54) is 12.1 Å². The van der Waals surface area contributed by atoms with E-state index in [4.69, 9.17) is 6.42 Å². The number of rotatable bonds is 2. The van der Waals surface area contributed by atoms with Gasteiger partial charge in [0.2, 0.25) is 5.60 Å². The van der Waals surface area contributed by atoms with Gasteiger partial charge in [-0.05, 0) is 0 Å². The molecule has 1 N–H and O–H groups in total. The Hall–Kier alpha value is -1.40. The molecule has 1 aromatic rings. The highest BCUT2D eigenvalue weighted by atomic mass is 19.3. The number of halogens is 2. The molecule has 0 amide bonds. The van der Waals surface area contributed by atoms with E-state index in [2.05, 4.69) is 0 Å². The Morgan fingerprint density at radius 3 is 2.23 bits per heavy atom. The van der Waals surface area contributed by atoms with Crippen molar-refractivity contribution in [3.63, 3.8) is 0 Å². The molecule has 1 aromatic carbocycles. The minimum absolute atomic E-state index is 0.0347. The summed E-state index contributed by atoms with van der Waals surface area (Å²) in [5.74, 6) is 1.70. The van der Waals surface area contributed by atoms with Crippen LogP contribution in [0.2, 0.25) is 0 Å². The van der Waals surface area contributed by atoms with Gasteiger partial charge in [0.25, 0.3) is 6.43 Å². The van der Waals surface area contributed by atoms with Gasteiger partial charge >= 0.3 is 0 Å². The van der Waals surface area contributed by atoms with E-state index in [9.17, 15) is 13.9 Å². The summed E-state index contributed by atoms with van der Waals surface area (Å²) in [6.07, 6.45) is 1.87. The van der Waals surface area contributed by atoms with Gasteiger partial charge < -0.3 is 5.11 Å². The molecule has 1 nitrogen and oxygen atoms in total. The number of terminal acetylenes is 1. The molecule has 0 saturated carbocycles. The van der Waals surface area contributed by atoms with Crippen molar-refractivity contribution in [1.82, 2.24) is 0 Å². The Kier molecular flexibility index (Phi) is 2.64. The van der Waals surface area contributed by atoms with E-state index >= 15 is 0 Å². The standard InChI is InChI=1S/C10H8F2O/c1-2-10(13,9(11)12)8-6-4-3-5-7-8/h1,3-7,9,13H. The van der Waals surface area contributed by atoms with Crippen molar-refractivity contribution in [3.05, 3.63) is 35.9 Å². The van der Waals surface area contributed by atoms with Gasteiger partial charge in [-0.1, -0.05) is 36.3 Å². The van der Waals surface area contributed by atoms with Crippen LogP contribution in [0.25, 0.3) is 0 Å². The number of hydrogen-bond acceptors (Lipinski definition) is 1. The third-order valence-corrected chi connectivity index (χ3v) is 1.75. The highest BCUT2D eigenvalue weighted by molar-refractivity contribution is 5.31. The molecule has 0 aliphatic rings. The van der Waals surface area contributed by atoms with Gasteiger partial charge in [0, 0.05) is 5.56 Å². The summed E-state index contributed by atoms with van der Waals surface area (Å²) in [5, 5.41) is 9.38. The van der Waals surface area contributed by atoms with Crippen LogP contribution >= 0.6 is 0 Å². The van der Waals surface area contributed by atoms with Crippen molar-refractivity contribution in [1.29, 1.82) is 0 Å². The van der Waals surface area contributed by atoms with Gasteiger partial charge in [0.15, 0.2) is 0 Å². The fraction of sp³-hybridized carbons (Fsp3) is 0.200. The van der Waals surface area contributed by atoms with Crippen LogP contribution in [0.15, 0.2) is 30.3 Å². The van der Waals surface area contributed by atoms with E-state index < -0.39 is 12.0 Å². The van der Waals surface area contributed by atoms with Crippen molar-refractivity contribution in [2.45, 2.75) is 12.0 Å². The maximum atomic E-state index is 12.4. The molecule has 13 heavy (non-hydrogen) atoms. The molecular formula is C10H8F2O. The zero-order valence-electron chi connectivity index (χ0n) is 6.74. The molecule has 0 bridgehead atoms. The molecule has 68 valence electrons. The smallest absolute Gasteiger partial charge is 0.282 e. The molecule has 1 atom stereocenters. The largest absolute Gasteiger partial charge is 0.369 e. The Balaban J connectivity index is 3.13. The van der Waals surface area contributed by atoms with Gasteiger partial charge in [-0.2, -0.15) is 0 Å². The molecule has 0 fully saturated rings. The number of aliphatic hydroxyl groups is 1. The van der Waals surface area contributed by atoms with Crippen LogP contribution in [0.3, 0.4) is 0 Å². The third-order valence-electron chi connectivity index (χ3n) is 1.75. The number of alkyl halides is 2. The molecule has 0 aliphatic carbocycles. The molecule has 1 unspecified atom stereocenters. The first-order valence-corrected chi connectivity index (χ1v) is 3.65. The molecular weight excluding hydrogens is 174 g/mol. The first-order chi connectivity index (χ1) is 6.11. The van der Waals surface area contributed by atoms with Crippen LogP contribution < -0.4 is 0 Å². The lowest BCUT2D eigenvalue weighted by Crippen LogP contribution is -2.32. The van der Waals surface area contributed by atoms with Gasteiger partial charge in [-0.15, -0.1) is 6.42 Å². The second-order valence-corrected chi connectivity index (χ2v) is 2.58. The van der Waals surface area contributed by atoms with Crippen LogP contribution in [-0.4, -0.2) is 11.5 Å². The Morgan fingerprint density at radius 1 is 1.31 bits per heavy atom. The van der Waals surface area contributed by atoms with Crippen molar-refractivity contribution in [2.75, 3.05) is 0 Å². The van der Waals surface area contributed by atoms with Gasteiger partial charge in [0.1, 0.15) is 0 Å². The van der Waals surface area contributed by atoms with Crippen LogP contribution in [0.1, 0.15) is 5.56 Å². The van der Waals surface area contributed by atoms with E-state index in [1.807, 2.05) is 0 Å². The van der Waals surface area contributed by atoms with Crippen LogP contribution in [0.4, 0.5) is 8.78 Å². The molecule has 0 heterocycles. The van der Waals surface area contributed by atoms with Gasteiger partial charge in [-0.25, -0.2) is 8.78 Å². The lowest BCUT2D eigenvalue weighted by Gasteiger charge is -2.21. The lowest BCUT2D eigenvalue weighted by atomic mass is 9.95. The summed E-state index contributed by atoms with van der Waals surface area (Å²) >= 11 is 0. The molecule has 0 saturated heterocycles. The van der Waals surface area contributed by atoms with Crippen molar-refractivity contribution in [3.8, 4) is 12.3 Å². The second-order valence-electron chi connectivity index (χ2n) is 2.58. The molecule has 3 heteroatoms. The predicted molar refractivity (Wildman–Crippen MR) is 45.2 cm³/mol. The lowest BCUT2D eigenvalue weighted by molar-refractivity contribution is -0.0589. The average Bonchev–Trinajstić information content (AvgIpc) is 2.17. The SMILES string of the molecule is C#CC(O)(c1ccccc1)C(F)F. The minimum Gasteiger partial charge on any atom is -0.369 e. The second kappa shape index (κ2) is 3.55. The highest BCUT2D eigenvalue weighted by Gasteiger charge is 2.37. The third kappa shape index (κ3) is 1.68. The fourth-order valence-electron chi connectivity index (χ4n) is 0.965. The predicted octanol–water partition coefficient (Wildman–Crippen LogP) is 1.77. The summed E-state index contributed by atoms with van der Waals surface area (Å²) < 4.78 is 24.8. The first kappa shape index (κ1) is 9.69. The van der Waals surface area contributed by atoms with Crippen LogP contribution in [-0.2, 0) is 5.60 Å². The molecule has 0 radical (unpaired) electrons. The average molecular weight is 182 g/mol. The quantitative estimate of drug-likeness (QED) is 0.691. The topological polar surface area (TPSA) is 20.2 Å². The Labute approximate surface area is 75.0 Å². The summed E-state index contributed by atoms with van der Waals surface area (Å²) in [5.41, 5.74) is -2.44. The highest BCUT2D eigenvalue weighted by Crippen LogP contribution is 2.27. The maximum Gasteiger partial charge on any atom is 0.282 e. The van der Waals surface area contributed by atoms with Gasteiger partial charge in [-0.3, -0.25) is 0 Å². The Morgan fingerprint density at radius 2 is 1.85 bits per heavy atom. The van der Waals surface area contributed by atoms with Crippen LogP contribution in [0, 0.1) is 12.3 Å². The molecule has 0 aromatic heterocycles. The summed E-state index contributed by atoms with van der Waals surface area (Å²) in [4.78, 5) is 0. The molecule has 1 rings (SSSR count). The Bertz CT molecular complexity index is 315. The minimum atomic E-state index is -2.99. The van der Waals surface area contributed by atoms with Gasteiger partial charge in [0.05, 0.1) is 0 Å². The van der Waals surface area contributed by atoms with E-state index in [1.54, 1.807) is 24.1 Å². The van der Waals surface area contributed by atoms with Crippen LogP contribution in [0.5, 0.6) is 0 Å². The fourth-order valence-corrected chi connectivity index (χ4v) is 0.965. The van der Waals surface area contributed by atoms with Crippen molar-refractivity contribution in [2.24, 2.45) is 0 Å². The van der Waals surface area contributed by atoms with E-state index in [0.717, 1.165) is 0 Å². The van der Waals surface area contributed by atoms with E-state index in [-0.39, 0.29) is 5.56 Å². The summed E-state index contributed by atoms with van der Waals surface area (Å²) in [7, 11) is 0. The number of benzene rings is 1. The molecule has 0 spiro atoms. The summed E-state index contributed by atoms with van der Waals surface area (Å²) in [6, 6.07) is 7.48. The van der Waals surface area contributed by atoms with Crippen molar-refractivity contribution < 1.29 is 13.9 Å². The van der Waals surface area contributed by atoms with Crippen molar-refractivity contribution >= 4 is 0 Å². The zero-order valence-corrected chi connectivity index (χ0v) is 6.74. The monoisotopic (exact) mass is 182 g/mol. The number of hydrogen-bond donors (Lipinski definition) is 1.